The van der Waals surface area contributed by atoms with Crippen LogP contribution in [0.3, 0.4) is 0 Å². The van der Waals surface area contributed by atoms with E-state index in [0.717, 1.165) is 29.9 Å². The maximum absolute atomic E-state index is 13.2. The fraction of sp³-hybridized carbons (Fsp3) is 0.381. The molecule has 0 saturated carbocycles. The number of carbonyl (C=O) groups excluding carboxylic acids is 1. The molecule has 1 amide bonds. The van der Waals surface area contributed by atoms with Crippen molar-refractivity contribution in [3.8, 4) is 23.0 Å². The summed E-state index contributed by atoms with van der Waals surface area (Å²) >= 11 is 0. The number of hydrogen-bond donors (Lipinski definition) is 0. The lowest BCUT2D eigenvalue weighted by Crippen LogP contribution is -2.46. The third-order valence-corrected chi connectivity index (χ3v) is 5.12. The van der Waals surface area contributed by atoms with E-state index in [1.54, 1.807) is 14.2 Å². The molecule has 0 bridgehead atoms. The molecule has 142 valence electrons. The first-order chi connectivity index (χ1) is 13.2. The second kappa shape index (κ2) is 7.39. The number of para-hydroxylation sites is 2. The Morgan fingerprint density at radius 3 is 2.70 bits per heavy atom. The summed E-state index contributed by atoms with van der Waals surface area (Å²) in [7, 11) is 3.26. The van der Waals surface area contributed by atoms with E-state index in [1.165, 1.54) is 0 Å². The zero-order valence-electron chi connectivity index (χ0n) is 15.5. The van der Waals surface area contributed by atoms with Gasteiger partial charge in [-0.2, -0.15) is 0 Å². The van der Waals surface area contributed by atoms with Crippen LogP contribution in [0.4, 0.5) is 0 Å². The summed E-state index contributed by atoms with van der Waals surface area (Å²) in [5, 5.41) is 0. The van der Waals surface area contributed by atoms with Crippen LogP contribution in [0, 0.1) is 0 Å². The zero-order chi connectivity index (χ0) is 18.8. The highest BCUT2D eigenvalue weighted by molar-refractivity contribution is 5.82. The number of amides is 1. The molecule has 0 radical (unpaired) electrons. The SMILES string of the molecule is COc1ccc([C@@H]2CCCN2C(=O)[C@@H]2COc3ccccc3O2)c(OC)c1. The number of methoxy groups -OCH3 is 2. The predicted molar refractivity (Wildman–Crippen MR) is 99.6 cm³/mol. The molecule has 2 aromatic carbocycles. The molecule has 0 spiro atoms. The lowest BCUT2D eigenvalue weighted by atomic mass is 10.0. The molecule has 4 rings (SSSR count). The van der Waals surface area contributed by atoms with Gasteiger partial charge in [0.1, 0.15) is 18.1 Å². The average molecular weight is 369 g/mol. The molecular formula is C21H23NO5. The van der Waals surface area contributed by atoms with Gasteiger partial charge in [0.2, 0.25) is 6.10 Å². The number of ether oxygens (including phenoxy) is 4. The van der Waals surface area contributed by atoms with Crippen LogP contribution >= 0.6 is 0 Å². The van der Waals surface area contributed by atoms with Crippen LogP contribution in [0.15, 0.2) is 42.5 Å². The van der Waals surface area contributed by atoms with Crippen LogP contribution in [0.5, 0.6) is 23.0 Å². The number of carbonyl (C=O) groups is 1. The van der Waals surface area contributed by atoms with Crippen LogP contribution < -0.4 is 18.9 Å². The Morgan fingerprint density at radius 1 is 1.11 bits per heavy atom. The van der Waals surface area contributed by atoms with E-state index in [-0.39, 0.29) is 18.6 Å². The molecule has 1 fully saturated rings. The highest BCUT2D eigenvalue weighted by Crippen LogP contribution is 2.40. The minimum Gasteiger partial charge on any atom is -0.497 e. The summed E-state index contributed by atoms with van der Waals surface area (Å²) < 4.78 is 22.5. The average Bonchev–Trinajstić information content (AvgIpc) is 3.21. The van der Waals surface area contributed by atoms with Crippen LogP contribution in [-0.4, -0.2) is 44.3 Å². The molecule has 1 saturated heterocycles. The maximum atomic E-state index is 13.2. The van der Waals surface area contributed by atoms with Crippen molar-refractivity contribution in [1.82, 2.24) is 4.90 Å². The number of fused-ring (bicyclic) bond motifs is 1. The third kappa shape index (κ3) is 3.27. The van der Waals surface area contributed by atoms with Gasteiger partial charge in [-0.15, -0.1) is 0 Å². The summed E-state index contributed by atoms with van der Waals surface area (Å²) in [6.45, 7) is 0.916. The normalized spacial score (nSPS) is 21.0. The van der Waals surface area contributed by atoms with Crippen molar-refractivity contribution in [2.24, 2.45) is 0 Å². The fourth-order valence-corrected chi connectivity index (χ4v) is 3.77. The van der Waals surface area contributed by atoms with Gasteiger partial charge in [0.25, 0.3) is 5.91 Å². The Morgan fingerprint density at radius 2 is 1.93 bits per heavy atom. The van der Waals surface area contributed by atoms with Gasteiger partial charge in [-0.3, -0.25) is 4.79 Å². The van der Waals surface area contributed by atoms with Crippen LogP contribution in [0.25, 0.3) is 0 Å². The van der Waals surface area contributed by atoms with E-state index >= 15 is 0 Å². The molecule has 0 unspecified atom stereocenters. The quantitative estimate of drug-likeness (QED) is 0.828. The first-order valence-corrected chi connectivity index (χ1v) is 9.12. The van der Waals surface area contributed by atoms with Crippen molar-refractivity contribution in [2.75, 3.05) is 27.4 Å². The van der Waals surface area contributed by atoms with Crippen molar-refractivity contribution in [2.45, 2.75) is 25.0 Å². The number of nitrogens with zero attached hydrogens (tertiary/aromatic N) is 1. The Labute approximate surface area is 158 Å². The molecule has 0 N–H and O–H groups in total. The zero-order valence-corrected chi connectivity index (χ0v) is 15.5. The van der Waals surface area contributed by atoms with Crippen molar-refractivity contribution < 1.29 is 23.7 Å². The molecule has 0 aromatic heterocycles. The van der Waals surface area contributed by atoms with Gasteiger partial charge in [0, 0.05) is 18.2 Å². The second-order valence-electron chi connectivity index (χ2n) is 6.66. The minimum atomic E-state index is -0.634. The van der Waals surface area contributed by atoms with E-state index in [4.69, 9.17) is 18.9 Å². The summed E-state index contributed by atoms with van der Waals surface area (Å²) in [5.41, 5.74) is 0.987. The van der Waals surface area contributed by atoms with Gasteiger partial charge in [0.15, 0.2) is 11.5 Å². The second-order valence-corrected chi connectivity index (χ2v) is 6.66. The first-order valence-electron chi connectivity index (χ1n) is 9.12. The Kier molecular flexibility index (Phi) is 4.79. The minimum absolute atomic E-state index is 0.0425. The largest absolute Gasteiger partial charge is 0.497 e. The molecule has 2 aromatic rings. The predicted octanol–water partition coefficient (Wildman–Crippen LogP) is 3.21. The molecule has 2 aliphatic rings. The number of likely N-dealkylation sites (tertiary alicyclic amines) is 1. The summed E-state index contributed by atoms with van der Waals surface area (Å²) in [6.07, 6.45) is 1.19. The highest BCUT2D eigenvalue weighted by atomic mass is 16.6. The molecule has 27 heavy (non-hydrogen) atoms. The Bertz CT molecular complexity index is 837. The van der Waals surface area contributed by atoms with E-state index < -0.39 is 6.10 Å². The molecule has 2 aliphatic heterocycles. The van der Waals surface area contributed by atoms with Crippen molar-refractivity contribution in [3.63, 3.8) is 0 Å². The van der Waals surface area contributed by atoms with Gasteiger partial charge < -0.3 is 23.8 Å². The van der Waals surface area contributed by atoms with Gasteiger partial charge >= 0.3 is 0 Å². The smallest absolute Gasteiger partial charge is 0.267 e. The molecule has 6 heteroatoms. The van der Waals surface area contributed by atoms with Crippen molar-refractivity contribution >= 4 is 5.91 Å². The van der Waals surface area contributed by atoms with E-state index in [1.807, 2.05) is 47.4 Å². The number of benzene rings is 2. The van der Waals surface area contributed by atoms with Crippen molar-refractivity contribution in [1.29, 1.82) is 0 Å². The van der Waals surface area contributed by atoms with Crippen LogP contribution in [0.1, 0.15) is 24.4 Å². The lowest BCUT2D eigenvalue weighted by Gasteiger charge is -2.32. The molecule has 0 aliphatic carbocycles. The molecule has 6 nitrogen and oxygen atoms in total. The van der Waals surface area contributed by atoms with Crippen molar-refractivity contribution in [3.05, 3.63) is 48.0 Å². The monoisotopic (exact) mass is 369 g/mol. The summed E-state index contributed by atoms with van der Waals surface area (Å²) in [4.78, 5) is 15.1. The number of hydrogen-bond acceptors (Lipinski definition) is 5. The third-order valence-electron chi connectivity index (χ3n) is 5.12. The van der Waals surface area contributed by atoms with E-state index in [9.17, 15) is 4.79 Å². The molecule has 2 atom stereocenters. The van der Waals surface area contributed by atoms with Crippen LogP contribution in [0.2, 0.25) is 0 Å². The highest BCUT2D eigenvalue weighted by Gasteiger charge is 2.38. The standard InChI is InChI=1S/C21H23NO5/c1-24-14-9-10-15(19(12-14)25-2)16-6-5-11-22(16)21(23)20-13-26-17-7-3-4-8-18(17)27-20/h3-4,7-10,12,16,20H,5-6,11,13H2,1-2H3/t16-,20-/m0/s1. The fourth-order valence-electron chi connectivity index (χ4n) is 3.77. The van der Waals surface area contributed by atoms with Gasteiger partial charge in [-0.05, 0) is 37.1 Å². The van der Waals surface area contributed by atoms with E-state index in [0.29, 0.717) is 18.0 Å². The maximum Gasteiger partial charge on any atom is 0.267 e. The Balaban J connectivity index is 1.56. The van der Waals surface area contributed by atoms with Gasteiger partial charge in [0.05, 0.1) is 20.3 Å². The lowest BCUT2D eigenvalue weighted by molar-refractivity contribution is -0.142. The number of rotatable bonds is 4. The Hall–Kier alpha value is -2.89. The first kappa shape index (κ1) is 17.5. The molecular weight excluding hydrogens is 346 g/mol. The topological polar surface area (TPSA) is 57.2 Å². The van der Waals surface area contributed by atoms with Gasteiger partial charge in [-0.25, -0.2) is 0 Å². The van der Waals surface area contributed by atoms with Crippen LogP contribution in [-0.2, 0) is 4.79 Å². The summed E-state index contributed by atoms with van der Waals surface area (Å²) in [5.74, 6) is 2.69. The van der Waals surface area contributed by atoms with Gasteiger partial charge in [-0.1, -0.05) is 12.1 Å². The summed E-state index contributed by atoms with van der Waals surface area (Å²) in [6, 6.07) is 13.1. The molecule has 2 heterocycles. The van der Waals surface area contributed by atoms with E-state index in [2.05, 4.69) is 0 Å².